The molecule has 152 valence electrons. The summed E-state index contributed by atoms with van der Waals surface area (Å²) >= 11 is 0. The maximum Gasteiger partial charge on any atom is 0.332 e. The molecule has 1 aliphatic rings. The largest absolute Gasteiger partial charge is 0.332 e. The Labute approximate surface area is 173 Å². The number of carbonyl (C=O) groups is 2. The molecule has 2 heterocycles. The van der Waals surface area contributed by atoms with Gasteiger partial charge in [-0.15, -0.1) is 9.24 Å². The number of amides is 3. The van der Waals surface area contributed by atoms with Gasteiger partial charge in [-0.3, -0.25) is 9.48 Å². The highest BCUT2D eigenvalue weighted by Gasteiger charge is 2.52. The number of anilines is 1. The molecule has 8 heteroatoms. The van der Waals surface area contributed by atoms with Crippen molar-refractivity contribution in [2.45, 2.75) is 46.3 Å². The van der Waals surface area contributed by atoms with E-state index in [0.29, 0.717) is 24.5 Å². The minimum absolute atomic E-state index is 0.279. The van der Waals surface area contributed by atoms with Gasteiger partial charge in [-0.1, -0.05) is 30.3 Å². The van der Waals surface area contributed by atoms with Crippen LogP contribution in [-0.2, 0) is 17.9 Å². The number of nitrogens with zero attached hydrogens (tertiary/aromatic N) is 4. The zero-order chi connectivity index (χ0) is 21.3. The van der Waals surface area contributed by atoms with E-state index >= 15 is 0 Å². The van der Waals surface area contributed by atoms with E-state index in [0.717, 1.165) is 16.5 Å². The Morgan fingerprint density at radius 1 is 1.17 bits per heavy atom. The summed E-state index contributed by atoms with van der Waals surface area (Å²) < 4.78 is 1.64. The normalized spacial score (nSPS) is 17.0. The third kappa shape index (κ3) is 4.01. The van der Waals surface area contributed by atoms with Crippen molar-refractivity contribution in [3.63, 3.8) is 0 Å². The van der Waals surface area contributed by atoms with Gasteiger partial charge in [0, 0.05) is 18.5 Å². The fraction of sp³-hybridized carbons (Fsp3) is 0.333. The van der Waals surface area contributed by atoms with Crippen LogP contribution in [0.1, 0.15) is 33.3 Å². The van der Waals surface area contributed by atoms with Crippen LogP contribution in [0.25, 0.3) is 0 Å². The topological polar surface area (TPSA) is 82.3 Å². The van der Waals surface area contributed by atoms with E-state index in [1.54, 1.807) is 36.5 Å². The second kappa shape index (κ2) is 7.91. The van der Waals surface area contributed by atoms with Gasteiger partial charge in [-0.2, -0.15) is 5.10 Å². The standard InChI is InChI=1S/C21H26N5O2P/c1-14(22)18(15(2)29)13-24-12-17(10-23-24)26-19(27)21(3,4)25(20(26)28)11-16-8-6-5-7-9-16/h5-10,12,22H,11,13,29H2,1-4H3. The van der Waals surface area contributed by atoms with Gasteiger partial charge in [-0.25, -0.2) is 9.69 Å². The Morgan fingerprint density at radius 2 is 1.83 bits per heavy atom. The SMILES string of the molecule is CC(=N)C(Cn1cc(N2C(=O)N(Cc3ccccc3)C(C)(C)C2=O)cn1)=C(C)P. The average Bonchev–Trinajstić information content (AvgIpc) is 3.17. The Kier molecular flexibility index (Phi) is 5.71. The molecule has 0 aliphatic carbocycles. The monoisotopic (exact) mass is 411 g/mol. The van der Waals surface area contributed by atoms with Crippen molar-refractivity contribution in [2.75, 3.05) is 4.90 Å². The molecule has 0 saturated carbocycles. The first-order valence-electron chi connectivity index (χ1n) is 9.36. The molecule has 1 aliphatic heterocycles. The molecule has 0 spiro atoms. The predicted molar refractivity (Wildman–Crippen MR) is 117 cm³/mol. The summed E-state index contributed by atoms with van der Waals surface area (Å²) in [4.78, 5) is 29.0. The van der Waals surface area contributed by atoms with Crippen molar-refractivity contribution in [1.82, 2.24) is 14.7 Å². The molecule has 1 unspecified atom stereocenters. The molecular weight excluding hydrogens is 385 g/mol. The molecule has 1 aromatic carbocycles. The van der Waals surface area contributed by atoms with Gasteiger partial charge in [0.15, 0.2) is 0 Å². The third-order valence-electron chi connectivity index (χ3n) is 5.13. The first-order valence-corrected chi connectivity index (χ1v) is 9.94. The van der Waals surface area contributed by atoms with E-state index in [2.05, 4.69) is 14.3 Å². The lowest BCUT2D eigenvalue weighted by Gasteiger charge is -2.27. The van der Waals surface area contributed by atoms with Crippen LogP contribution in [0.5, 0.6) is 0 Å². The molecule has 0 radical (unpaired) electrons. The van der Waals surface area contributed by atoms with Crippen LogP contribution in [0, 0.1) is 5.41 Å². The number of hydrogen-bond donors (Lipinski definition) is 1. The average molecular weight is 411 g/mol. The lowest BCUT2D eigenvalue weighted by Crippen LogP contribution is -2.43. The molecule has 7 nitrogen and oxygen atoms in total. The van der Waals surface area contributed by atoms with Gasteiger partial charge in [0.25, 0.3) is 5.91 Å². The summed E-state index contributed by atoms with van der Waals surface area (Å²) in [6, 6.07) is 9.26. The van der Waals surface area contributed by atoms with Gasteiger partial charge in [0.1, 0.15) is 5.54 Å². The first-order chi connectivity index (χ1) is 13.6. The number of benzene rings is 1. The first kappa shape index (κ1) is 20.9. The summed E-state index contributed by atoms with van der Waals surface area (Å²) in [6.45, 7) is 7.92. The van der Waals surface area contributed by atoms with E-state index in [1.165, 1.54) is 11.1 Å². The van der Waals surface area contributed by atoms with Gasteiger partial charge >= 0.3 is 6.03 Å². The Bertz CT molecular complexity index is 990. The van der Waals surface area contributed by atoms with Crippen molar-refractivity contribution < 1.29 is 9.59 Å². The molecule has 0 bridgehead atoms. The van der Waals surface area contributed by atoms with Crippen molar-refractivity contribution >= 4 is 32.6 Å². The molecule has 1 saturated heterocycles. The van der Waals surface area contributed by atoms with E-state index in [-0.39, 0.29) is 11.9 Å². The summed E-state index contributed by atoms with van der Waals surface area (Å²) in [6.07, 6.45) is 3.20. The summed E-state index contributed by atoms with van der Waals surface area (Å²) in [5, 5.41) is 13.2. The molecule has 3 rings (SSSR count). The molecule has 1 aromatic heterocycles. The summed E-state index contributed by atoms with van der Waals surface area (Å²) in [7, 11) is 2.60. The van der Waals surface area contributed by atoms with Gasteiger partial charge in [-0.05, 0) is 44.1 Å². The van der Waals surface area contributed by atoms with Gasteiger partial charge in [0.05, 0.1) is 18.4 Å². The summed E-state index contributed by atoms with van der Waals surface area (Å²) in [5.41, 5.74) is 1.74. The highest BCUT2D eigenvalue weighted by Crippen LogP contribution is 2.33. The van der Waals surface area contributed by atoms with Crippen LogP contribution in [0.4, 0.5) is 10.5 Å². The second-order valence-corrected chi connectivity index (χ2v) is 8.60. The molecule has 1 atom stereocenters. The van der Waals surface area contributed by atoms with Gasteiger partial charge < -0.3 is 10.3 Å². The van der Waals surface area contributed by atoms with Crippen LogP contribution >= 0.6 is 9.24 Å². The van der Waals surface area contributed by atoms with Crippen LogP contribution in [0.2, 0.25) is 0 Å². The fourth-order valence-corrected chi connectivity index (χ4v) is 3.66. The number of carbonyl (C=O) groups excluding carboxylic acids is 2. The number of nitrogens with one attached hydrogen (secondary N) is 1. The van der Waals surface area contributed by atoms with Crippen LogP contribution in [0.15, 0.2) is 53.6 Å². The zero-order valence-electron chi connectivity index (χ0n) is 17.1. The third-order valence-corrected chi connectivity index (χ3v) is 5.48. The quantitative estimate of drug-likeness (QED) is 0.446. The Morgan fingerprint density at radius 3 is 2.41 bits per heavy atom. The van der Waals surface area contributed by atoms with E-state index in [1.807, 2.05) is 37.3 Å². The maximum atomic E-state index is 13.1. The molecule has 1 N–H and O–H groups in total. The highest BCUT2D eigenvalue weighted by atomic mass is 31.0. The van der Waals surface area contributed by atoms with Crippen LogP contribution in [0.3, 0.4) is 0 Å². The van der Waals surface area contributed by atoms with E-state index in [4.69, 9.17) is 5.41 Å². The van der Waals surface area contributed by atoms with Crippen LogP contribution < -0.4 is 4.90 Å². The smallest absolute Gasteiger partial charge is 0.305 e. The number of urea groups is 1. The lowest BCUT2D eigenvalue weighted by molar-refractivity contribution is -0.123. The van der Waals surface area contributed by atoms with E-state index < -0.39 is 5.54 Å². The van der Waals surface area contributed by atoms with Crippen molar-refractivity contribution in [3.05, 3.63) is 59.2 Å². The number of hydrogen-bond acceptors (Lipinski definition) is 4. The minimum atomic E-state index is -0.956. The highest BCUT2D eigenvalue weighted by molar-refractivity contribution is 7.22. The van der Waals surface area contributed by atoms with E-state index in [9.17, 15) is 9.59 Å². The summed E-state index contributed by atoms with van der Waals surface area (Å²) in [5.74, 6) is -0.279. The minimum Gasteiger partial charge on any atom is -0.305 e. The molecule has 1 fully saturated rings. The van der Waals surface area contributed by atoms with Gasteiger partial charge in [0.2, 0.25) is 0 Å². The zero-order valence-corrected chi connectivity index (χ0v) is 18.3. The van der Waals surface area contributed by atoms with Crippen molar-refractivity contribution in [3.8, 4) is 0 Å². The molecule has 2 aromatic rings. The van der Waals surface area contributed by atoms with Crippen molar-refractivity contribution in [1.29, 1.82) is 5.41 Å². The van der Waals surface area contributed by atoms with Crippen molar-refractivity contribution in [2.24, 2.45) is 0 Å². The Hall–Kier alpha value is -2.79. The molecule has 29 heavy (non-hydrogen) atoms. The maximum absolute atomic E-state index is 13.1. The number of imide groups is 1. The number of aromatic nitrogens is 2. The van der Waals surface area contributed by atoms with Crippen LogP contribution in [-0.4, -0.2) is 37.9 Å². The molecule has 3 amide bonds. The number of rotatable bonds is 6. The predicted octanol–water partition coefficient (Wildman–Crippen LogP) is 3.82. The lowest BCUT2D eigenvalue weighted by atomic mass is 10.0. The fourth-order valence-electron chi connectivity index (χ4n) is 3.35. The Balaban J connectivity index is 1.87. The molecular formula is C21H26N5O2P. The second-order valence-electron chi connectivity index (χ2n) is 7.74. The number of allylic oxidation sites excluding steroid dienone is 2.